The molecule has 7 nitrogen and oxygen atoms in total. The number of halogens is 1. The van der Waals surface area contributed by atoms with Crippen molar-refractivity contribution in [1.29, 1.82) is 0 Å². The number of unbranched alkanes of at least 4 members (excludes halogenated alkanes) is 1. The second kappa shape index (κ2) is 10.1. The molecule has 0 aliphatic rings. The molecule has 0 atom stereocenters. The molecule has 0 bridgehead atoms. The van der Waals surface area contributed by atoms with Gasteiger partial charge in [0.2, 0.25) is 5.95 Å². The first-order valence-corrected chi connectivity index (χ1v) is 10.0. The van der Waals surface area contributed by atoms with Gasteiger partial charge in [0, 0.05) is 13.1 Å². The number of hydrogen-bond donors (Lipinski definition) is 1. The fourth-order valence-electron chi connectivity index (χ4n) is 2.94. The number of aryl methyl sites for hydroxylation is 2. The van der Waals surface area contributed by atoms with Crippen LogP contribution >= 0.6 is 11.6 Å². The van der Waals surface area contributed by atoms with E-state index in [9.17, 15) is 0 Å². The normalized spacial score (nSPS) is 10.8. The topological polar surface area (TPSA) is 74.1 Å². The van der Waals surface area contributed by atoms with Crippen molar-refractivity contribution in [3.8, 4) is 11.5 Å². The molecule has 154 valence electrons. The minimum atomic E-state index is 0.418. The van der Waals surface area contributed by atoms with Crippen molar-refractivity contribution in [3.05, 3.63) is 58.1 Å². The van der Waals surface area contributed by atoms with Crippen molar-refractivity contribution in [2.75, 3.05) is 12.4 Å². The molecule has 0 unspecified atom stereocenters. The number of anilines is 1. The largest absolute Gasteiger partial charge is 0.493 e. The number of aromatic nitrogens is 4. The van der Waals surface area contributed by atoms with Gasteiger partial charge in [0.05, 0.1) is 12.1 Å². The third kappa shape index (κ3) is 5.60. The van der Waals surface area contributed by atoms with Gasteiger partial charge in [0.25, 0.3) is 0 Å². The average Bonchev–Trinajstić information content (AvgIpc) is 3.16. The monoisotopic (exact) mass is 415 g/mol. The van der Waals surface area contributed by atoms with Gasteiger partial charge < -0.3 is 14.8 Å². The van der Waals surface area contributed by atoms with Gasteiger partial charge in [-0.05, 0) is 47.0 Å². The maximum absolute atomic E-state index is 6.49. The Morgan fingerprint density at radius 2 is 2.03 bits per heavy atom. The smallest absolute Gasteiger partial charge is 0.243 e. The van der Waals surface area contributed by atoms with Crippen LogP contribution in [0.3, 0.4) is 0 Å². The minimum Gasteiger partial charge on any atom is -0.493 e. The molecule has 0 amide bonds. The highest BCUT2D eigenvalue weighted by Gasteiger charge is 2.13. The molecule has 0 saturated carbocycles. The summed E-state index contributed by atoms with van der Waals surface area (Å²) in [6.45, 7) is 5.90. The quantitative estimate of drug-likeness (QED) is 0.520. The van der Waals surface area contributed by atoms with Crippen LogP contribution in [0.1, 0.15) is 36.5 Å². The first-order valence-electron chi connectivity index (χ1n) is 9.65. The third-order valence-electron chi connectivity index (χ3n) is 4.46. The van der Waals surface area contributed by atoms with E-state index in [4.69, 9.17) is 21.1 Å². The first-order chi connectivity index (χ1) is 14.1. The zero-order valence-corrected chi connectivity index (χ0v) is 17.7. The van der Waals surface area contributed by atoms with Crippen LogP contribution in [0.5, 0.6) is 11.5 Å². The first kappa shape index (κ1) is 20.9. The van der Waals surface area contributed by atoms with Gasteiger partial charge in [0.15, 0.2) is 11.5 Å². The van der Waals surface area contributed by atoms with E-state index in [1.54, 1.807) is 11.8 Å². The van der Waals surface area contributed by atoms with Crippen LogP contribution in [0.15, 0.2) is 36.4 Å². The lowest BCUT2D eigenvalue weighted by atomic mass is 10.1. The number of methoxy groups -OCH3 is 1. The predicted octanol–water partition coefficient (Wildman–Crippen LogP) is 4.63. The molecule has 1 N–H and O–H groups in total. The average molecular weight is 416 g/mol. The van der Waals surface area contributed by atoms with Gasteiger partial charge >= 0.3 is 0 Å². The van der Waals surface area contributed by atoms with E-state index in [1.165, 1.54) is 5.56 Å². The molecule has 1 aromatic heterocycles. The molecule has 1 heterocycles. The van der Waals surface area contributed by atoms with E-state index >= 15 is 0 Å². The second-order valence-corrected chi connectivity index (χ2v) is 7.23. The molecule has 0 radical (unpaired) electrons. The maximum Gasteiger partial charge on any atom is 0.243 e. The lowest BCUT2D eigenvalue weighted by Crippen LogP contribution is -2.09. The Hall–Kier alpha value is -2.80. The highest BCUT2D eigenvalue weighted by molar-refractivity contribution is 6.32. The summed E-state index contributed by atoms with van der Waals surface area (Å²) in [5, 5.41) is 15.5. The SMILES string of the molecule is CCCCn1nnnc1NCc1cc(Cl)c(OCc2cccc(C)c2)c(OC)c1. The van der Waals surface area contributed by atoms with E-state index in [0.717, 1.165) is 30.5 Å². The summed E-state index contributed by atoms with van der Waals surface area (Å²) in [7, 11) is 1.60. The highest BCUT2D eigenvalue weighted by atomic mass is 35.5. The van der Waals surface area contributed by atoms with Gasteiger partial charge in [0.1, 0.15) is 6.61 Å². The van der Waals surface area contributed by atoms with Crippen molar-refractivity contribution in [2.24, 2.45) is 0 Å². The van der Waals surface area contributed by atoms with E-state index in [1.807, 2.05) is 24.3 Å². The zero-order valence-electron chi connectivity index (χ0n) is 17.0. The Kier molecular flexibility index (Phi) is 7.30. The van der Waals surface area contributed by atoms with Crippen molar-refractivity contribution in [1.82, 2.24) is 20.2 Å². The lowest BCUT2D eigenvalue weighted by molar-refractivity contribution is 0.284. The summed E-state index contributed by atoms with van der Waals surface area (Å²) in [5.41, 5.74) is 3.21. The van der Waals surface area contributed by atoms with Gasteiger partial charge in [-0.3, -0.25) is 0 Å². The molecule has 0 saturated heterocycles. The maximum atomic E-state index is 6.49. The molecule has 0 aliphatic carbocycles. The van der Waals surface area contributed by atoms with Crippen LogP contribution in [-0.2, 0) is 19.7 Å². The molecular weight excluding hydrogens is 390 g/mol. The Morgan fingerprint density at radius 3 is 2.79 bits per heavy atom. The molecule has 2 aromatic carbocycles. The van der Waals surface area contributed by atoms with Crippen LogP contribution in [0, 0.1) is 6.92 Å². The highest BCUT2D eigenvalue weighted by Crippen LogP contribution is 2.37. The fourth-order valence-corrected chi connectivity index (χ4v) is 3.23. The predicted molar refractivity (Wildman–Crippen MR) is 114 cm³/mol. The Labute approximate surface area is 176 Å². The lowest BCUT2D eigenvalue weighted by Gasteiger charge is -2.15. The summed E-state index contributed by atoms with van der Waals surface area (Å²) in [6.07, 6.45) is 2.10. The molecule has 8 heteroatoms. The van der Waals surface area contributed by atoms with Crippen LogP contribution in [0.25, 0.3) is 0 Å². The van der Waals surface area contributed by atoms with Crippen LogP contribution < -0.4 is 14.8 Å². The minimum absolute atomic E-state index is 0.418. The molecular formula is C21H26ClN5O2. The second-order valence-electron chi connectivity index (χ2n) is 6.82. The van der Waals surface area contributed by atoms with Gasteiger partial charge in [-0.1, -0.05) is 59.9 Å². The zero-order chi connectivity index (χ0) is 20.6. The van der Waals surface area contributed by atoms with Crippen LogP contribution in [-0.4, -0.2) is 27.3 Å². The number of hydrogen-bond acceptors (Lipinski definition) is 6. The molecule has 29 heavy (non-hydrogen) atoms. The molecule has 0 aliphatic heterocycles. The van der Waals surface area contributed by atoms with Crippen molar-refractivity contribution < 1.29 is 9.47 Å². The van der Waals surface area contributed by atoms with Crippen molar-refractivity contribution >= 4 is 17.5 Å². The Balaban J connectivity index is 1.68. The molecule has 0 spiro atoms. The Morgan fingerprint density at radius 1 is 1.17 bits per heavy atom. The van der Waals surface area contributed by atoms with E-state index in [-0.39, 0.29) is 0 Å². The number of ether oxygens (including phenoxy) is 2. The molecule has 3 aromatic rings. The summed E-state index contributed by atoms with van der Waals surface area (Å²) in [4.78, 5) is 0. The van der Waals surface area contributed by atoms with Crippen LogP contribution in [0.2, 0.25) is 5.02 Å². The van der Waals surface area contributed by atoms with Crippen LogP contribution in [0.4, 0.5) is 5.95 Å². The third-order valence-corrected chi connectivity index (χ3v) is 4.74. The summed E-state index contributed by atoms with van der Waals surface area (Å²) in [5.74, 6) is 1.76. The van der Waals surface area contributed by atoms with Gasteiger partial charge in [-0.2, -0.15) is 0 Å². The number of tetrazole rings is 1. The summed E-state index contributed by atoms with van der Waals surface area (Å²) in [6, 6.07) is 11.9. The van der Waals surface area contributed by atoms with E-state index in [0.29, 0.717) is 35.6 Å². The standard InChI is InChI=1S/C21H26ClN5O2/c1-4-5-9-27-21(24-25-26-27)23-13-17-11-18(22)20(19(12-17)28-3)29-14-16-8-6-7-15(2)10-16/h6-8,10-12H,4-5,9,13-14H2,1-3H3,(H,23,24,26). The van der Waals surface area contributed by atoms with Crippen molar-refractivity contribution in [2.45, 2.75) is 46.4 Å². The Bertz CT molecular complexity index is 945. The number of benzene rings is 2. The molecule has 0 fully saturated rings. The number of nitrogens with one attached hydrogen (secondary N) is 1. The van der Waals surface area contributed by atoms with E-state index in [2.05, 4.69) is 46.8 Å². The summed E-state index contributed by atoms with van der Waals surface area (Å²) < 4.78 is 13.2. The van der Waals surface area contributed by atoms with Crippen molar-refractivity contribution in [3.63, 3.8) is 0 Å². The fraction of sp³-hybridized carbons (Fsp3) is 0.381. The van der Waals surface area contributed by atoms with Gasteiger partial charge in [-0.25, -0.2) is 4.68 Å². The molecule has 3 rings (SSSR count). The summed E-state index contributed by atoms with van der Waals surface area (Å²) >= 11 is 6.49. The van der Waals surface area contributed by atoms with E-state index < -0.39 is 0 Å². The number of rotatable bonds is 10. The van der Waals surface area contributed by atoms with Gasteiger partial charge in [-0.15, -0.1) is 0 Å². The number of nitrogens with zero attached hydrogens (tertiary/aromatic N) is 4.